The molecular formula is C15H22BrNOS. The second-order valence-corrected chi connectivity index (χ2v) is 7.04. The van der Waals surface area contributed by atoms with Crippen molar-refractivity contribution in [2.24, 2.45) is 5.41 Å². The summed E-state index contributed by atoms with van der Waals surface area (Å²) in [5.41, 5.74) is 0.872. The third-order valence-corrected chi connectivity index (χ3v) is 4.37. The second kappa shape index (κ2) is 7.95. The Balaban J connectivity index is 2.50. The molecule has 19 heavy (non-hydrogen) atoms. The first-order valence-electron chi connectivity index (χ1n) is 6.47. The molecule has 0 saturated carbocycles. The molecule has 1 amide bonds. The smallest absolute Gasteiger partial charge is 0.251 e. The van der Waals surface area contributed by atoms with Gasteiger partial charge in [-0.05, 0) is 48.8 Å². The zero-order chi connectivity index (χ0) is 14.3. The third kappa shape index (κ3) is 6.00. The van der Waals surface area contributed by atoms with Crippen LogP contribution in [0.2, 0.25) is 0 Å². The zero-order valence-corrected chi connectivity index (χ0v) is 14.2. The maximum atomic E-state index is 12.0. The second-order valence-electron chi connectivity index (χ2n) is 5.37. The van der Waals surface area contributed by atoms with E-state index < -0.39 is 0 Å². The minimum Gasteiger partial charge on any atom is -0.352 e. The average molecular weight is 344 g/mol. The molecule has 0 aromatic heterocycles. The topological polar surface area (TPSA) is 29.1 Å². The molecule has 0 aliphatic rings. The van der Waals surface area contributed by atoms with E-state index in [1.165, 1.54) is 4.90 Å². The molecule has 2 nitrogen and oxygen atoms in total. The van der Waals surface area contributed by atoms with Gasteiger partial charge in [0.05, 0.1) is 0 Å². The first-order valence-corrected chi connectivity index (χ1v) is 8.81. The Morgan fingerprint density at radius 1 is 1.32 bits per heavy atom. The number of rotatable bonds is 7. The summed E-state index contributed by atoms with van der Waals surface area (Å²) in [5, 5.41) is 4.04. The Morgan fingerprint density at radius 3 is 2.47 bits per heavy atom. The highest BCUT2D eigenvalue weighted by atomic mass is 79.9. The number of hydrogen-bond acceptors (Lipinski definition) is 2. The number of halogens is 1. The molecule has 0 atom stereocenters. The lowest BCUT2D eigenvalue weighted by Gasteiger charge is -2.24. The number of carbonyl (C=O) groups is 1. The summed E-state index contributed by atoms with van der Waals surface area (Å²) in [6.07, 6.45) is 4.26. The Morgan fingerprint density at radius 2 is 1.95 bits per heavy atom. The number of hydrogen-bond donors (Lipinski definition) is 1. The van der Waals surface area contributed by atoms with Crippen LogP contribution in [0, 0.1) is 5.41 Å². The SMILES string of the molecule is CSc1ccc(C(=O)NCC(C)(C)CCCBr)cc1. The van der Waals surface area contributed by atoms with Crippen LogP contribution < -0.4 is 5.32 Å². The minimum absolute atomic E-state index is 0.0135. The van der Waals surface area contributed by atoms with E-state index in [0.717, 1.165) is 23.7 Å². The molecule has 0 aliphatic heterocycles. The van der Waals surface area contributed by atoms with Crippen molar-refractivity contribution in [2.75, 3.05) is 18.1 Å². The highest BCUT2D eigenvalue weighted by Gasteiger charge is 2.18. The first kappa shape index (κ1) is 16.6. The lowest BCUT2D eigenvalue weighted by atomic mass is 9.88. The van der Waals surface area contributed by atoms with Gasteiger partial charge in [-0.2, -0.15) is 0 Å². The zero-order valence-electron chi connectivity index (χ0n) is 11.8. The largest absolute Gasteiger partial charge is 0.352 e. The van der Waals surface area contributed by atoms with Crippen LogP contribution in [0.25, 0.3) is 0 Å². The Hall–Kier alpha value is -0.480. The molecule has 0 radical (unpaired) electrons. The summed E-state index contributed by atoms with van der Waals surface area (Å²) < 4.78 is 0. The predicted octanol–water partition coefficient (Wildman–Crippen LogP) is 4.34. The van der Waals surface area contributed by atoms with Crippen LogP contribution in [0.4, 0.5) is 0 Å². The molecule has 1 N–H and O–H groups in total. The molecular weight excluding hydrogens is 322 g/mol. The highest BCUT2D eigenvalue weighted by Crippen LogP contribution is 2.22. The summed E-state index contributed by atoms with van der Waals surface area (Å²) in [6, 6.07) is 7.73. The van der Waals surface area contributed by atoms with Gasteiger partial charge in [-0.3, -0.25) is 4.79 Å². The fourth-order valence-corrected chi connectivity index (χ4v) is 2.49. The Labute approximate surface area is 128 Å². The molecule has 4 heteroatoms. The molecule has 0 unspecified atom stereocenters. The van der Waals surface area contributed by atoms with Crippen molar-refractivity contribution in [3.8, 4) is 0 Å². The van der Waals surface area contributed by atoms with Gasteiger partial charge in [0.15, 0.2) is 0 Å². The van der Waals surface area contributed by atoms with Crippen molar-refractivity contribution in [1.29, 1.82) is 0 Å². The lowest BCUT2D eigenvalue weighted by molar-refractivity contribution is 0.0934. The van der Waals surface area contributed by atoms with Crippen LogP contribution in [0.1, 0.15) is 37.0 Å². The van der Waals surface area contributed by atoms with Crippen LogP contribution in [-0.4, -0.2) is 24.0 Å². The van der Waals surface area contributed by atoms with Crippen molar-refractivity contribution < 1.29 is 4.79 Å². The minimum atomic E-state index is 0.0135. The maximum Gasteiger partial charge on any atom is 0.251 e. The van der Waals surface area contributed by atoms with Crippen LogP contribution >= 0.6 is 27.7 Å². The van der Waals surface area contributed by atoms with E-state index in [1.54, 1.807) is 11.8 Å². The average Bonchev–Trinajstić information content (AvgIpc) is 2.43. The monoisotopic (exact) mass is 343 g/mol. The number of nitrogens with one attached hydrogen (secondary N) is 1. The van der Waals surface area contributed by atoms with Gasteiger partial charge in [0.2, 0.25) is 0 Å². The van der Waals surface area contributed by atoms with Gasteiger partial charge >= 0.3 is 0 Å². The number of alkyl halides is 1. The van der Waals surface area contributed by atoms with E-state index in [9.17, 15) is 4.79 Å². The van der Waals surface area contributed by atoms with Crippen molar-refractivity contribution in [3.05, 3.63) is 29.8 Å². The van der Waals surface area contributed by atoms with E-state index in [0.29, 0.717) is 6.54 Å². The number of benzene rings is 1. The standard InChI is InChI=1S/C15H22BrNOS/c1-15(2,9-4-10-16)11-17-14(18)12-5-7-13(19-3)8-6-12/h5-8H,4,9-11H2,1-3H3,(H,17,18). The molecule has 0 heterocycles. The molecule has 0 bridgehead atoms. The van der Waals surface area contributed by atoms with Crippen LogP contribution in [0.15, 0.2) is 29.2 Å². The normalized spacial score (nSPS) is 11.4. The summed E-state index contributed by atoms with van der Waals surface area (Å²) >= 11 is 5.12. The van der Waals surface area contributed by atoms with Crippen LogP contribution in [-0.2, 0) is 0 Å². The number of carbonyl (C=O) groups excluding carboxylic acids is 1. The van der Waals surface area contributed by atoms with Crippen molar-refractivity contribution in [2.45, 2.75) is 31.6 Å². The first-order chi connectivity index (χ1) is 8.98. The number of amides is 1. The van der Waals surface area contributed by atoms with Gasteiger partial charge in [0.25, 0.3) is 5.91 Å². The third-order valence-electron chi connectivity index (χ3n) is 3.07. The summed E-state index contributed by atoms with van der Waals surface area (Å²) in [7, 11) is 0. The molecule has 1 aromatic rings. The van der Waals surface area contributed by atoms with Gasteiger partial charge in [0.1, 0.15) is 0 Å². The van der Waals surface area contributed by atoms with Crippen molar-refractivity contribution in [1.82, 2.24) is 5.32 Å². The van der Waals surface area contributed by atoms with Gasteiger partial charge < -0.3 is 5.32 Å². The molecule has 106 valence electrons. The Kier molecular flexibility index (Phi) is 6.94. The van der Waals surface area contributed by atoms with Crippen molar-refractivity contribution in [3.63, 3.8) is 0 Å². The van der Waals surface area contributed by atoms with Crippen molar-refractivity contribution >= 4 is 33.6 Å². The van der Waals surface area contributed by atoms with Gasteiger partial charge in [-0.1, -0.05) is 29.8 Å². The number of thioether (sulfide) groups is 1. The summed E-state index contributed by atoms with van der Waals surface area (Å²) in [4.78, 5) is 13.2. The van der Waals surface area contributed by atoms with Gasteiger partial charge in [-0.15, -0.1) is 11.8 Å². The van der Waals surface area contributed by atoms with Gasteiger partial charge in [0, 0.05) is 22.3 Å². The molecule has 1 rings (SSSR count). The maximum absolute atomic E-state index is 12.0. The van der Waals surface area contributed by atoms with E-state index in [4.69, 9.17) is 0 Å². The summed E-state index contributed by atoms with van der Waals surface area (Å²) in [6.45, 7) is 5.09. The fourth-order valence-electron chi connectivity index (χ4n) is 1.80. The highest BCUT2D eigenvalue weighted by molar-refractivity contribution is 9.09. The molecule has 0 spiro atoms. The van der Waals surface area contributed by atoms with E-state index in [1.807, 2.05) is 30.5 Å². The van der Waals surface area contributed by atoms with Crippen LogP contribution in [0.3, 0.4) is 0 Å². The molecule has 1 aromatic carbocycles. The van der Waals surface area contributed by atoms with E-state index in [-0.39, 0.29) is 11.3 Å². The Bertz CT molecular complexity index is 403. The fraction of sp³-hybridized carbons (Fsp3) is 0.533. The molecule has 0 aliphatic carbocycles. The van der Waals surface area contributed by atoms with Gasteiger partial charge in [-0.25, -0.2) is 0 Å². The quantitative estimate of drug-likeness (QED) is 0.589. The predicted molar refractivity (Wildman–Crippen MR) is 87.4 cm³/mol. The summed E-state index contributed by atoms with van der Waals surface area (Å²) in [5.74, 6) is 0.0135. The van der Waals surface area contributed by atoms with Crippen LogP contribution in [0.5, 0.6) is 0 Å². The molecule has 0 saturated heterocycles. The van der Waals surface area contributed by atoms with E-state index in [2.05, 4.69) is 35.1 Å². The van der Waals surface area contributed by atoms with E-state index >= 15 is 0 Å². The lowest BCUT2D eigenvalue weighted by Crippen LogP contribution is -2.34. The molecule has 0 fully saturated rings.